The summed E-state index contributed by atoms with van der Waals surface area (Å²) in [6.07, 6.45) is 21.3. The lowest BCUT2D eigenvalue weighted by atomic mass is 9.82. The van der Waals surface area contributed by atoms with E-state index in [0.717, 1.165) is 6.42 Å². The van der Waals surface area contributed by atoms with Crippen LogP contribution in [0.1, 0.15) is 56.4 Å². The topological polar surface area (TPSA) is 8.17 Å². The third-order valence-corrected chi connectivity index (χ3v) is 9.56. The van der Waals surface area contributed by atoms with Gasteiger partial charge in [0.2, 0.25) is 0 Å². The lowest BCUT2D eigenvalue weighted by Crippen LogP contribution is -2.40. The number of nitrogens with zero attached hydrogens (tertiary/aromatic N) is 2. The molecule has 3 aromatic carbocycles. The Balaban J connectivity index is 1.36. The molecule has 0 aliphatic heterocycles. The minimum Gasteiger partial charge on any atom is -0.334 e. The second-order valence-corrected chi connectivity index (χ2v) is 11.9. The third kappa shape index (κ3) is 3.92. The number of allylic oxidation sites excluding steroid dienone is 4. The third-order valence-electron chi connectivity index (χ3n) is 9.56. The summed E-state index contributed by atoms with van der Waals surface area (Å²) in [6, 6.07) is 29.2. The van der Waals surface area contributed by atoms with Gasteiger partial charge in [0.25, 0.3) is 0 Å². The van der Waals surface area contributed by atoms with E-state index in [1.54, 1.807) is 5.56 Å². The van der Waals surface area contributed by atoms with E-state index in [9.17, 15) is 0 Å². The normalized spacial score (nSPS) is 23.8. The van der Waals surface area contributed by atoms with E-state index in [2.05, 4.69) is 119 Å². The number of fused-ring (bicyclic) bond motifs is 4. The molecule has 0 saturated heterocycles. The zero-order valence-corrected chi connectivity index (χ0v) is 22.5. The van der Waals surface area contributed by atoms with Gasteiger partial charge in [-0.3, -0.25) is 0 Å². The highest BCUT2D eigenvalue weighted by atomic mass is 15.2. The Labute approximate surface area is 231 Å². The summed E-state index contributed by atoms with van der Waals surface area (Å²) in [5, 5.41) is 4.39. The van der Waals surface area contributed by atoms with Crippen LogP contribution in [-0.2, 0) is 0 Å². The predicted molar refractivity (Wildman–Crippen MR) is 164 cm³/mol. The summed E-state index contributed by atoms with van der Waals surface area (Å²) in [4.78, 5) is 2.53. The summed E-state index contributed by atoms with van der Waals surface area (Å²) in [5.74, 6) is 2.06. The van der Waals surface area contributed by atoms with Gasteiger partial charge >= 0.3 is 0 Å². The fraction of sp³-hybridized carbons (Fsp3) is 0.297. The van der Waals surface area contributed by atoms with E-state index in [-0.39, 0.29) is 6.04 Å². The van der Waals surface area contributed by atoms with Gasteiger partial charge in [-0.05, 0) is 85.6 Å². The number of rotatable bonds is 5. The van der Waals surface area contributed by atoms with Crippen molar-refractivity contribution in [2.75, 3.05) is 4.90 Å². The van der Waals surface area contributed by atoms with Crippen LogP contribution in [0.2, 0.25) is 0 Å². The van der Waals surface area contributed by atoms with E-state index in [4.69, 9.17) is 0 Å². The second kappa shape index (κ2) is 9.45. The molecule has 0 spiro atoms. The number of anilines is 2. The van der Waals surface area contributed by atoms with E-state index in [0.29, 0.717) is 17.8 Å². The Kier molecular flexibility index (Phi) is 5.61. The molecule has 2 saturated carbocycles. The van der Waals surface area contributed by atoms with E-state index in [1.807, 2.05) is 0 Å². The van der Waals surface area contributed by atoms with Crippen LogP contribution in [0, 0.1) is 11.8 Å². The van der Waals surface area contributed by atoms with Crippen LogP contribution in [0.15, 0.2) is 97.1 Å². The Morgan fingerprint density at radius 2 is 1.51 bits per heavy atom. The van der Waals surface area contributed by atoms with Crippen LogP contribution >= 0.6 is 0 Å². The van der Waals surface area contributed by atoms with Crippen molar-refractivity contribution in [2.45, 2.75) is 56.9 Å². The molecule has 39 heavy (non-hydrogen) atoms. The first-order valence-corrected chi connectivity index (χ1v) is 15.0. The molecule has 1 heterocycles. The number of hydrogen-bond donors (Lipinski definition) is 0. The molecule has 194 valence electrons. The molecule has 4 aromatic rings. The zero-order valence-electron chi connectivity index (χ0n) is 22.5. The average Bonchev–Trinajstić information content (AvgIpc) is 3.73. The average molecular weight is 509 g/mol. The Hall–Kier alpha value is -3.78. The molecule has 2 nitrogen and oxygen atoms in total. The van der Waals surface area contributed by atoms with Gasteiger partial charge in [0.15, 0.2) is 0 Å². The molecule has 0 radical (unpaired) electrons. The molecule has 8 rings (SSSR count). The van der Waals surface area contributed by atoms with Gasteiger partial charge < -0.3 is 9.47 Å². The molecule has 0 bridgehead atoms. The highest BCUT2D eigenvalue weighted by molar-refractivity contribution is 5.90. The van der Waals surface area contributed by atoms with Crippen molar-refractivity contribution in [3.05, 3.63) is 113 Å². The quantitative estimate of drug-likeness (QED) is 0.266. The summed E-state index contributed by atoms with van der Waals surface area (Å²) in [6.45, 7) is 0. The maximum Gasteiger partial charge on any atom is 0.0580 e. The van der Waals surface area contributed by atoms with Crippen molar-refractivity contribution in [3.63, 3.8) is 0 Å². The second-order valence-electron chi connectivity index (χ2n) is 11.9. The van der Waals surface area contributed by atoms with Crippen LogP contribution in [0.4, 0.5) is 11.4 Å². The van der Waals surface area contributed by atoms with E-state index >= 15 is 0 Å². The molecular weight excluding hydrogens is 472 g/mol. The van der Waals surface area contributed by atoms with E-state index < -0.39 is 0 Å². The van der Waals surface area contributed by atoms with Crippen LogP contribution in [0.5, 0.6) is 0 Å². The van der Waals surface area contributed by atoms with Crippen molar-refractivity contribution in [3.8, 4) is 0 Å². The molecule has 2 fully saturated rings. The highest BCUT2D eigenvalue weighted by Gasteiger charge is 2.41. The van der Waals surface area contributed by atoms with Crippen LogP contribution in [0.3, 0.4) is 0 Å². The molecule has 4 aliphatic rings. The van der Waals surface area contributed by atoms with Crippen LogP contribution in [0.25, 0.3) is 28.8 Å². The van der Waals surface area contributed by atoms with Gasteiger partial charge in [-0.15, -0.1) is 0 Å². The first-order chi connectivity index (χ1) is 19.4. The van der Waals surface area contributed by atoms with Crippen LogP contribution in [-0.4, -0.2) is 10.6 Å². The monoisotopic (exact) mass is 508 g/mol. The van der Waals surface area contributed by atoms with Crippen molar-refractivity contribution in [2.24, 2.45) is 11.8 Å². The molecule has 0 N–H and O–H groups in total. The summed E-state index contributed by atoms with van der Waals surface area (Å²) >= 11 is 0. The molecule has 1 aromatic heterocycles. The Morgan fingerprint density at radius 3 is 2.26 bits per heavy atom. The SMILES string of the molecule is C1=CC2CC2C(n2c3c(c4c(C5CCCCC5)cccc42)=CCC(N(c2ccccc2)c2ccccc2)C=3)=C1. The first-order valence-electron chi connectivity index (χ1n) is 15.0. The minimum atomic E-state index is 0.248. The van der Waals surface area contributed by atoms with Crippen molar-refractivity contribution in [1.82, 2.24) is 4.57 Å². The van der Waals surface area contributed by atoms with Gasteiger partial charge in [0, 0.05) is 33.6 Å². The predicted octanol–water partition coefficient (Wildman–Crippen LogP) is 7.91. The fourth-order valence-electron chi connectivity index (χ4n) is 7.62. The van der Waals surface area contributed by atoms with Gasteiger partial charge in [0.05, 0.1) is 16.9 Å². The molecule has 4 aliphatic carbocycles. The lowest BCUT2D eigenvalue weighted by Gasteiger charge is -2.32. The van der Waals surface area contributed by atoms with Gasteiger partial charge in [-0.1, -0.05) is 86.0 Å². The molecular formula is C37H36N2. The molecule has 3 unspecified atom stereocenters. The number of hydrogen-bond acceptors (Lipinski definition) is 1. The lowest BCUT2D eigenvalue weighted by molar-refractivity contribution is 0.445. The highest BCUT2D eigenvalue weighted by Crippen LogP contribution is 2.49. The first kappa shape index (κ1) is 23.1. The van der Waals surface area contributed by atoms with Crippen molar-refractivity contribution in [1.29, 1.82) is 0 Å². The summed E-state index contributed by atoms with van der Waals surface area (Å²) in [5.41, 5.74) is 6.98. The van der Waals surface area contributed by atoms with Gasteiger partial charge in [-0.2, -0.15) is 0 Å². The maximum absolute atomic E-state index is 2.65. The molecule has 2 heteroatoms. The standard InChI is InChI=1S/C37H36N2/c1-4-12-26(13-5-1)31-19-11-21-35-37(31)32-23-22-30(25-36(32)39(35)34-20-10-14-27-24-33(27)34)38(28-15-6-2-7-16-28)29-17-8-3-9-18-29/h2-3,6-11,14-21,23,25-27,30,33H,1,4-5,12-13,22,24H2. The maximum atomic E-state index is 2.65. The Bertz CT molecular complexity index is 1660. The minimum absolute atomic E-state index is 0.248. The summed E-state index contributed by atoms with van der Waals surface area (Å²) < 4.78 is 2.65. The van der Waals surface area contributed by atoms with Crippen LogP contribution < -0.4 is 15.5 Å². The van der Waals surface area contributed by atoms with Gasteiger partial charge in [-0.25, -0.2) is 0 Å². The van der Waals surface area contributed by atoms with E-state index in [1.165, 1.54) is 77.1 Å². The Morgan fingerprint density at radius 1 is 0.769 bits per heavy atom. The number of para-hydroxylation sites is 2. The number of aromatic nitrogens is 1. The zero-order chi connectivity index (χ0) is 25.8. The summed E-state index contributed by atoms with van der Waals surface area (Å²) in [7, 11) is 0. The largest absolute Gasteiger partial charge is 0.334 e. The fourth-order valence-corrected chi connectivity index (χ4v) is 7.62. The smallest absolute Gasteiger partial charge is 0.0580 e. The van der Waals surface area contributed by atoms with Crippen molar-refractivity contribution >= 4 is 40.1 Å². The molecule has 3 atom stereocenters. The molecule has 0 amide bonds. The van der Waals surface area contributed by atoms with Gasteiger partial charge in [0.1, 0.15) is 0 Å². The van der Waals surface area contributed by atoms with Crippen molar-refractivity contribution < 1.29 is 0 Å². The number of benzene rings is 3.